The van der Waals surface area contributed by atoms with Gasteiger partial charge in [-0.15, -0.1) is 0 Å². The van der Waals surface area contributed by atoms with Crippen LogP contribution in [0.1, 0.15) is 90.2 Å². The fourth-order valence-electron chi connectivity index (χ4n) is 4.25. The Morgan fingerprint density at radius 3 is 2.12 bits per heavy atom. The second-order valence-corrected chi connectivity index (χ2v) is 12.5. The van der Waals surface area contributed by atoms with Crippen molar-refractivity contribution in [3.05, 3.63) is 22.7 Å². The van der Waals surface area contributed by atoms with Gasteiger partial charge in [-0.25, -0.2) is 13.9 Å². The number of aliphatic hydroxyl groups is 2. The second kappa shape index (κ2) is 16.8. The number of nitrogens with one attached hydrogen (secondary N) is 1. The molecule has 1 amide bonds. The van der Waals surface area contributed by atoms with Crippen LogP contribution < -0.4 is 11.0 Å². The van der Waals surface area contributed by atoms with Crippen LogP contribution in [0.3, 0.4) is 0 Å². The highest BCUT2D eigenvalue weighted by atomic mass is 31.3. The van der Waals surface area contributed by atoms with Crippen LogP contribution in [-0.2, 0) is 27.5 Å². The van der Waals surface area contributed by atoms with Gasteiger partial charge in [-0.1, -0.05) is 71.1 Å². The molecule has 0 aliphatic carbocycles. The Morgan fingerprint density at radius 1 is 1.00 bits per heavy atom. The molecule has 2 rings (SSSR count). The van der Waals surface area contributed by atoms with Gasteiger partial charge in [0.1, 0.15) is 24.1 Å². The first-order valence-corrected chi connectivity index (χ1v) is 16.5. The van der Waals surface area contributed by atoms with E-state index in [0.717, 1.165) is 23.8 Å². The molecular formula is C23H41N3O12P2. The summed E-state index contributed by atoms with van der Waals surface area (Å²) in [5, 5.41) is 23.0. The van der Waals surface area contributed by atoms with Gasteiger partial charge in [-0.3, -0.25) is 13.9 Å². The number of phosphoric ester groups is 1. The fourth-order valence-corrected chi connectivity index (χ4v) is 5.85. The van der Waals surface area contributed by atoms with Crippen molar-refractivity contribution in [3.63, 3.8) is 0 Å². The highest BCUT2D eigenvalue weighted by Crippen LogP contribution is 2.57. The minimum absolute atomic E-state index is 0.00181. The van der Waals surface area contributed by atoms with Crippen molar-refractivity contribution in [1.82, 2.24) is 9.55 Å². The molecule has 15 nitrogen and oxygen atoms in total. The monoisotopic (exact) mass is 613 g/mol. The maximum Gasteiger partial charge on any atom is 0.481 e. The standard InChI is InChI=1S/C23H41N3O12P2/c1-2-3-4-5-6-7-8-9-10-11-12-13-19(27)24-18-14-15-26(23(30)25-18)22-21(29)20(28)17(37-22)16-36-40(34,35)38-39(31,32)33/h14-15,17,20-22,28-29H,2-13,16H2,1H3,(H,34,35)(H2,31,32,33)(H,24,25,27,30)/t17-,20-,21-,22-/m1/s1. The van der Waals surface area contributed by atoms with Crippen LogP contribution >= 0.6 is 15.6 Å². The number of aromatic nitrogens is 2. The van der Waals surface area contributed by atoms with E-state index in [-0.39, 0.29) is 18.1 Å². The number of unbranched alkanes of at least 4 members (excludes halogenated alkanes) is 10. The van der Waals surface area contributed by atoms with Gasteiger partial charge in [0.2, 0.25) is 5.91 Å². The van der Waals surface area contributed by atoms with Crippen LogP contribution in [0.4, 0.5) is 5.82 Å². The number of ether oxygens (including phenoxy) is 1. The third kappa shape index (κ3) is 12.6. The molecule has 17 heteroatoms. The summed E-state index contributed by atoms with van der Waals surface area (Å²) >= 11 is 0. The van der Waals surface area contributed by atoms with Gasteiger partial charge in [0.05, 0.1) is 6.61 Å². The highest BCUT2D eigenvalue weighted by Gasteiger charge is 2.45. The molecule has 1 aromatic rings. The van der Waals surface area contributed by atoms with Gasteiger partial charge in [0, 0.05) is 12.6 Å². The average molecular weight is 614 g/mol. The first-order chi connectivity index (χ1) is 18.8. The predicted octanol–water partition coefficient (Wildman–Crippen LogP) is 2.73. The minimum Gasteiger partial charge on any atom is -0.387 e. The summed E-state index contributed by atoms with van der Waals surface area (Å²) in [4.78, 5) is 55.1. The van der Waals surface area contributed by atoms with Crippen molar-refractivity contribution in [3.8, 4) is 0 Å². The molecule has 6 N–H and O–H groups in total. The van der Waals surface area contributed by atoms with Crippen molar-refractivity contribution in [1.29, 1.82) is 0 Å². The molecule has 40 heavy (non-hydrogen) atoms. The van der Waals surface area contributed by atoms with Gasteiger partial charge in [0.25, 0.3) is 0 Å². The normalized spacial score (nSPS) is 22.8. The first-order valence-electron chi connectivity index (χ1n) is 13.5. The lowest BCUT2D eigenvalue weighted by molar-refractivity contribution is -0.116. The third-order valence-electron chi connectivity index (χ3n) is 6.33. The smallest absolute Gasteiger partial charge is 0.387 e. The molecule has 1 aliphatic heterocycles. The molecule has 2 heterocycles. The predicted molar refractivity (Wildman–Crippen MR) is 143 cm³/mol. The zero-order valence-electron chi connectivity index (χ0n) is 22.5. The van der Waals surface area contributed by atoms with E-state index < -0.39 is 52.5 Å². The number of rotatable bonds is 19. The van der Waals surface area contributed by atoms with E-state index >= 15 is 0 Å². The van der Waals surface area contributed by atoms with Crippen LogP contribution in [0, 0.1) is 0 Å². The highest BCUT2D eigenvalue weighted by molar-refractivity contribution is 7.60. The van der Waals surface area contributed by atoms with Gasteiger partial charge >= 0.3 is 21.3 Å². The van der Waals surface area contributed by atoms with Crippen LogP contribution in [0.25, 0.3) is 0 Å². The lowest BCUT2D eigenvalue weighted by atomic mass is 10.1. The minimum atomic E-state index is -5.35. The van der Waals surface area contributed by atoms with E-state index in [1.54, 1.807) is 0 Å². The molecule has 1 fully saturated rings. The van der Waals surface area contributed by atoms with Crippen LogP contribution in [0.2, 0.25) is 0 Å². The molecule has 0 bridgehead atoms. The quantitative estimate of drug-likeness (QED) is 0.0975. The largest absolute Gasteiger partial charge is 0.481 e. The Balaban J connectivity index is 1.76. The SMILES string of the molecule is CCCCCCCCCCCCCC(=O)Nc1ccn([C@@H]2O[C@H](COP(=O)(O)OP(=O)(O)O)[C@@H](O)[C@H]2O)c(=O)n1. The summed E-state index contributed by atoms with van der Waals surface area (Å²) < 4.78 is 36.6. The molecule has 0 spiro atoms. The second-order valence-electron chi connectivity index (χ2n) is 9.72. The molecule has 0 aromatic carbocycles. The summed E-state index contributed by atoms with van der Waals surface area (Å²) in [7, 11) is -10.6. The topological polar surface area (TPSA) is 227 Å². The molecule has 230 valence electrons. The molecule has 1 aromatic heterocycles. The first kappa shape index (κ1) is 34.7. The van der Waals surface area contributed by atoms with Crippen molar-refractivity contribution >= 4 is 27.4 Å². The van der Waals surface area contributed by atoms with E-state index in [9.17, 15) is 33.8 Å². The number of hydrogen-bond donors (Lipinski definition) is 6. The lowest BCUT2D eigenvalue weighted by Crippen LogP contribution is -2.36. The summed E-state index contributed by atoms with van der Waals surface area (Å²) in [5.74, 6) is -0.297. The lowest BCUT2D eigenvalue weighted by Gasteiger charge is -2.18. The molecule has 0 radical (unpaired) electrons. The van der Waals surface area contributed by atoms with E-state index in [0.29, 0.717) is 6.42 Å². The average Bonchev–Trinajstić information content (AvgIpc) is 3.13. The van der Waals surface area contributed by atoms with Crippen LogP contribution in [0.5, 0.6) is 0 Å². The Labute approximate surface area is 232 Å². The van der Waals surface area contributed by atoms with Crippen molar-refractivity contribution < 1.29 is 52.4 Å². The number of anilines is 1. The number of phosphoric acid groups is 2. The molecule has 0 saturated carbocycles. The maximum atomic E-state index is 12.5. The van der Waals surface area contributed by atoms with E-state index in [4.69, 9.17) is 14.5 Å². The van der Waals surface area contributed by atoms with Crippen molar-refractivity contribution in [2.75, 3.05) is 11.9 Å². The van der Waals surface area contributed by atoms with Crippen molar-refractivity contribution in [2.45, 2.75) is 109 Å². The number of amides is 1. The summed E-state index contributed by atoms with van der Waals surface area (Å²) in [6.45, 7) is 1.30. The van der Waals surface area contributed by atoms with Gasteiger partial charge in [0.15, 0.2) is 6.23 Å². The molecule has 1 aliphatic rings. The van der Waals surface area contributed by atoms with E-state index in [1.807, 2.05) is 0 Å². The number of nitrogens with zero attached hydrogens (tertiary/aromatic N) is 2. The van der Waals surface area contributed by atoms with Crippen molar-refractivity contribution in [2.24, 2.45) is 0 Å². The van der Waals surface area contributed by atoms with E-state index in [1.165, 1.54) is 57.2 Å². The molecular weight excluding hydrogens is 572 g/mol. The summed E-state index contributed by atoms with van der Waals surface area (Å²) in [6.07, 6.45) is 7.89. The number of carbonyl (C=O) groups is 1. The van der Waals surface area contributed by atoms with E-state index in [2.05, 4.69) is 26.1 Å². The Bertz CT molecular complexity index is 1080. The maximum absolute atomic E-state index is 12.5. The van der Waals surface area contributed by atoms with Crippen LogP contribution in [0.15, 0.2) is 17.1 Å². The Morgan fingerprint density at radius 2 is 1.57 bits per heavy atom. The van der Waals surface area contributed by atoms with Gasteiger partial charge in [-0.2, -0.15) is 9.29 Å². The molecule has 1 unspecified atom stereocenters. The molecule has 5 atom stereocenters. The third-order valence-corrected chi connectivity index (χ3v) is 8.48. The zero-order chi connectivity index (χ0) is 29.8. The number of carbonyl (C=O) groups excluding carboxylic acids is 1. The molecule has 1 saturated heterocycles. The van der Waals surface area contributed by atoms with Gasteiger partial charge < -0.3 is 34.9 Å². The van der Waals surface area contributed by atoms with Gasteiger partial charge in [-0.05, 0) is 12.5 Å². The Hall–Kier alpha value is -1.51. The zero-order valence-corrected chi connectivity index (χ0v) is 24.3. The fraction of sp³-hybridized carbons (Fsp3) is 0.783. The van der Waals surface area contributed by atoms with Crippen LogP contribution in [-0.4, -0.2) is 65.3 Å². The summed E-state index contributed by atoms with van der Waals surface area (Å²) in [5.41, 5.74) is -0.914. The summed E-state index contributed by atoms with van der Waals surface area (Å²) in [6, 6.07) is 1.31. The number of aliphatic hydroxyl groups excluding tert-OH is 2. The number of hydrogen-bond acceptors (Lipinski definition) is 10. The Kier molecular flexibility index (Phi) is 14.6.